The van der Waals surface area contributed by atoms with Gasteiger partial charge in [-0.05, 0) is 53.0 Å². The summed E-state index contributed by atoms with van der Waals surface area (Å²) in [6.45, 7) is 19.5. The highest BCUT2D eigenvalue weighted by Crippen LogP contribution is 2.37. The van der Waals surface area contributed by atoms with Crippen LogP contribution in [0.25, 0.3) is 0 Å². The van der Waals surface area contributed by atoms with Crippen molar-refractivity contribution in [1.82, 2.24) is 4.90 Å². The fraction of sp³-hybridized carbons (Fsp3) is 0.941. The molecule has 0 heterocycles. The van der Waals surface area contributed by atoms with Crippen molar-refractivity contribution < 1.29 is 14.0 Å². The van der Waals surface area contributed by atoms with Gasteiger partial charge in [0, 0.05) is 12.5 Å². The topological polar surface area (TPSA) is 38.8 Å². The summed E-state index contributed by atoms with van der Waals surface area (Å²) in [6.07, 6.45) is 0. The molecule has 5 heteroatoms. The van der Waals surface area contributed by atoms with E-state index in [4.69, 9.17) is 9.16 Å². The van der Waals surface area contributed by atoms with Crippen LogP contribution in [-0.2, 0) is 14.0 Å². The highest BCUT2D eigenvalue weighted by Gasteiger charge is 2.39. The van der Waals surface area contributed by atoms with Gasteiger partial charge in [0.15, 0.2) is 8.32 Å². The molecule has 132 valence electrons. The van der Waals surface area contributed by atoms with Crippen LogP contribution in [0.1, 0.15) is 48.5 Å². The molecule has 0 aromatic heterocycles. The molecule has 0 rings (SSSR count). The summed E-state index contributed by atoms with van der Waals surface area (Å²) in [6, 6.07) is -0.288. The van der Waals surface area contributed by atoms with E-state index in [0.717, 1.165) is 0 Å². The zero-order valence-electron chi connectivity index (χ0n) is 16.5. The summed E-state index contributed by atoms with van der Waals surface area (Å²) < 4.78 is 11.8. The molecule has 0 spiro atoms. The molecule has 0 fully saturated rings. The van der Waals surface area contributed by atoms with Gasteiger partial charge in [0.25, 0.3) is 0 Å². The lowest BCUT2D eigenvalue weighted by atomic mass is 10.0. The molecule has 0 aliphatic heterocycles. The molecule has 4 nitrogen and oxygen atoms in total. The van der Waals surface area contributed by atoms with Crippen molar-refractivity contribution in [3.63, 3.8) is 0 Å². The number of likely N-dealkylation sites (N-methyl/N-ethyl adjacent to an activating group) is 1. The van der Waals surface area contributed by atoms with Gasteiger partial charge in [-0.15, -0.1) is 0 Å². The highest BCUT2D eigenvalue weighted by molar-refractivity contribution is 6.74. The third kappa shape index (κ3) is 6.80. The van der Waals surface area contributed by atoms with Crippen molar-refractivity contribution in [2.75, 3.05) is 20.7 Å². The third-order valence-electron chi connectivity index (χ3n) is 4.26. The maximum absolute atomic E-state index is 12.5. The summed E-state index contributed by atoms with van der Waals surface area (Å²) in [4.78, 5) is 14.4. The lowest BCUT2D eigenvalue weighted by molar-refractivity contribution is -0.162. The maximum atomic E-state index is 12.5. The second-order valence-electron chi connectivity index (χ2n) is 8.99. The van der Waals surface area contributed by atoms with Crippen molar-refractivity contribution in [2.24, 2.45) is 5.92 Å². The molecule has 0 aliphatic rings. The quantitative estimate of drug-likeness (QED) is 0.546. The Morgan fingerprint density at radius 1 is 1.09 bits per heavy atom. The number of esters is 1. The second-order valence-corrected chi connectivity index (χ2v) is 13.8. The van der Waals surface area contributed by atoms with E-state index in [1.54, 1.807) is 0 Å². The molecule has 0 aromatic carbocycles. The summed E-state index contributed by atoms with van der Waals surface area (Å²) in [5.41, 5.74) is -0.467. The molecular weight excluding hydrogens is 294 g/mol. The smallest absolute Gasteiger partial charge is 0.324 e. The Bertz CT molecular complexity index is 367. The van der Waals surface area contributed by atoms with Crippen LogP contribution in [0.4, 0.5) is 0 Å². The number of carbonyl (C=O) groups is 1. The highest BCUT2D eigenvalue weighted by atomic mass is 28.4. The second kappa shape index (κ2) is 7.45. The SMILES string of the molecule is C[C@H](CO[Si](C)(C)C(C)(C)C)C(C(=O)OC(C)(C)C)N(C)C. The van der Waals surface area contributed by atoms with E-state index >= 15 is 0 Å². The van der Waals surface area contributed by atoms with Gasteiger partial charge in [-0.3, -0.25) is 9.69 Å². The predicted molar refractivity (Wildman–Crippen MR) is 95.6 cm³/mol. The first-order valence-electron chi connectivity index (χ1n) is 8.12. The average Bonchev–Trinajstić information content (AvgIpc) is 2.21. The van der Waals surface area contributed by atoms with Gasteiger partial charge in [0.1, 0.15) is 11.6 Å². The number of hydrogen-bond donors (Lipinski definition) is 0. The van der Waals surface area contributed by atoms with E-state index in [-0.39, 0.29) is 23.0 Å². The van der Waals surface area contributed by atoms with Gasteiger partial charge in [0.2, 0.25) is 0 Å². The molecule has 0 N–H and O–H groups in total. The molecule has 22 heavy (non-hydrogen) atoms. The van der Waals surface area contributed by atoms with Gasteiger partial charge in [-0.2, -0.15) is 0 Å². The monoisotopic (exact) mass is 331 g/mol. The summed E-state index contributed by atoms with van der Waals surface area (Å²) in [7, 11) is 2.03. The van der Waals surface area contributed by atoms with Crippen LogP contribution in [0.15, 0.2) is 0 Å². The molecule has 0 aliphatic carbocycles. The third-order valence-corrected chi connectivity index (χ3v) is 8.76. The normalized spacial score (nSPS) is 16.5. The first-order valence-corrected chi connectivity index (χ1v) is 11.0. The minimum atomic E-state index is -1.80. The predicted octanol–water partition coefficient (Wildman–Crippen LogP) is 3.92. The molecule has 1 unspecified atom stereocenters. The summed E-state index contributed by atoms with van der Waals surface area (Å²) >= 11 is 0. The zero-order valence-corrected chi connectivity index (χ0v) is 17.5. The summed E-state index contributed by atoms with van der Waals surface area (Å²) in [5, 5.41) is 0.173. The maximum Gasteiger partial charge on any atom is 0.324 e. The van der Waals surface area contributed by atoms with Gasteiger partial charge < -0.3 is 9.16 Å². The Morgan fingerprint density at radius 2 is 1.55 bits per heavy atom. The number of nitrogens with zero attached hydrogens (tertiary/aromatic N) is 1. The van der Waals surface area contributed by atoms with E-state index < -0.39 is 13.9 Å². The molecule has 0 bridgehead atoms. The number of rotatable bonds is 6. The van der Waals surface area contributed by atoms with Gasteiger partial charge >= 0.3 is 5.97 Å². The standard InChI is InChI=1S/C17H37NO3Si/c1-13(12-20-22(10,11)17(5,6)7)14(18(8)9)15(19)21-16(2,3)4/h13-14H,12H2,1-11H3/t13-,14?/m1/s1. The van der Waals surface area contributed by atoms with Crippen LogP contribution in [-0.4, -0.2) is 51.5 Å². The van der Waals surface area contributed by atoms with Crippen LogP contribution >= 0.6 is 0 Å². The Morgan fingerprint density at radius 3 is 1.86 bits per heavy atom. The molecule has 0 amide bonds. The fourth-order valence-corrected chi connectivity index (χ4v) is 3.07. The van der Waals surface area contributed by atoms with Crippen molar-refractivity contribution in [3.05, 3.63) is 0 Å². The zero-order chi connectivity index (χ0) is 17.9. The van der Waals surface area contributed by atoms with E-state index in [1.165, 1.54) is 0 Å². The molecule has 0 aromatic rings. The lowest BCUT2D eigenvalue weighted by Crippen LogP contribution is -2.48. The Labute approximate surface area is 138 Å². The van der Waals surface area contributed by atoms with E-state index in [0.29, 0.717) is 6.61 Å². The van der Waals surface area contributed by atoms with E-state index in [2.05, 4.69) is 40.8 Å². The Kier molecular flexibility index (Phi) is 7.32. The van der Waals surface area contributed by atoms with Crippen molar-refractivity contribution in [2.45, 2.75) is 78.2 Å². The number of ether oxygens (including phenoxy) is 1. The first-order chi connectivity index (χ1) is 9.58. The van der Waals surface area contributed by atoms with Crippen LogP contribution in [0.3, 0.4) is 0 Å². The molecule has 0 saturated heterocycles. The molecule has 2 atom stereocenters. The van der Waals surface area contributed by atoms with Crippen LogP contribution in [0.2, 0.25) is 18.1 Å². The minimum absolute atomic E-state index is 0.0824. The fourth-order valence-electron chi connectivity index (χ4n) is 1.96. The van der Waals surface area contributed by atoms with E-state index in [9.17, 15) is 4.79 Å². The average molecular weight is 332 g/mol. The molecular formula is C17H37NO3Si. The molecule has 0 saturated carbocycles. The van der Waals surface area contributed by atoms with Crippen molar-refractivity contribution in [1.29, 1.82) is 0 Å². The molecule has 0 radical (unpaired) electrons. The van der Waals surface area contributed by atoms with Crippen LogP contribution in [0.5, 0.6) is 0 Å². The van der Waals surface area contributed by atoms with E-state index in [1.807, 2.05) is 39.8 Å². The van der Waals surface area contributed by atoms with Gasteiger partial charge in [-0.25, -0.2) is 0 Å². The van der Waals surface area contributed by atoms with Crippen molar-refractivity contribution in [3.8, 4) is 0 Å². The first kappa shape index (κ1) is 21.6. The Balaban J connectivity index is 4.90. The lowest BCUT2D eigenvalue weighted by Gasteiger charge is -2.38. The Hall–Kier alpha value is -0.393. The van der Waals surface area contributed by atoms with Crippen molar-refractivity contribution >= 4 is 14.3 Å². The summed E-state index contributed by atoms with van der Waals surface area (Å²) in [5.74, 6) is -0.0946. The number of carbonyl (C=O) groups excluding carboxylic acids is 1. The minimum Gasteiger partial charge on any atom is -0.459 e. The van der Waals surface area contributed by atoms with Crippen LogP contribution < -0.4 is 0 Å². The van der Waals surface area contributed by atoms with Gasteiger partial charge in [-0.1, -0.05) is 27.7 Å². The largest absolute Gasteiger partial charge is 0.459 e. The number of hydrogen-bond acceptors (Lipinski definition) is 4. The van der Waals surface area contributed by atoms with Gasteiger partial charge in [0.05, 0.1) is 0 Å². The van der Waals surface area contributed by atoms with Crippen LogP contribution in [0, 0.1) is 5.92 Å².